The first-order valence-electron chi connectivity index (χ1n) is 15.0. The number of hydrogen-bond donors (Lipinski definition) is 5. The number of piperidine rings is 1. The van der Waals surface area contributed by atoms with Crippen molar-refractivity contribution >= 4 is 29.7 Å². The Bertz CT molecular complexity index is 1090. The summed E-state index contributed by atoms with van der Waals surface area (Å²) in [5.74, 6) is -4.64. The van der Waals surface area contributed by atoms with E-state index in [1.807, 2.05) is 37.3 Å². The minimum absolute atomic E-state index is 0.315. The molecule has 6 N–H and O–H groups in total. The zero-order valence-electron chi connectivity index (χ0n) is 24.9. The summed E-state index contributed by atoms with van der Waals surface area (Å²) >= 11 is 0. The second-order valence-corrected chi connectivity index (χ2v) is 11.1. The van der Waals surface area contributed by atoms with Crippen molar-refractivity contribution in [3.05, 3.63) is 35.9 Å². The molecule has 2 fully saturated rings. The fourth-order valence-corrected chi connectivity index (χ4v) is 4.56. The molecule has 14 heteroatoms. The number of carboxylic acid groups (broad SMARTS) is 1. The lowest BCUT2D eigenvalue weighted by atomic mass is 9.98. The lowest BCUT2D eigenvalue weighted by Gasteiger charge is -2.25. The number of aliphatic carboxylic acids is 1. The van der Waals surface area contributed by atoms with E-state index in [0.29, 0.717) is 57.5 Å². The number of nitrogens with one attached hydrogen (secondary N) is 3. The molecule has 1 aromatic rings. The standard InChI is InChI=1S/C28H42N4O5.C2HF3O2/c1-2-3-9-24(28(36)37-27(35)21-14-16-30-17-15-21)32-26(34)23(13-12-19-10-11-19)31-25(33)22(29)18-20-7-5-4-6-8-20;3-2(4,5)1(6)7/h4-8,19,21-24,30H,2-3,9-18,29H2,1H3,(H,31,33)(H,32,34);(H,6,7)/t22-,23-,24?;/m1./s1. The van der Waals surface area contributed by atoms with Crippen LogP contribution >= 0.6 is 0 Å². The molecule has 1 heterocycles. The van der Waals surface area contributed by atoms with Crippen LogP contribution in [0.5, 0.6) is 0 Å². The molecule has 0 bridgehead atoms. The van der Waals surface area contributed by atoms with Gasteiger partial charge in [0.15, 0.2) is 0 Å². The van der Waals surface area contributed by atoms with Crippen molar-refractivity contribution in [1.82, 2.24) is 16.0 Å². The number of hydrogen-bond acceptors (Lipinski definition) is 8. The molecule has 3 rings (SSSR count). The summed E-state index contributed by atoms with van der Waals surface area (Å²) in [5.41, 5.74) is 7.08. The van der Waals surface area contributed by atoms with E-state index in [1.165, 1.54) is 0 Å². The van der Waals surface area contributed by atoms with Crippen LogP contribution in [0.3, 0.4) is 0 Å². The Morgan fingerprint density at radius 1 is 0.977 bits per heavy atom. The van der Waals surface area contributed by atoms with Gasteiger partial charge in [0.25, 0.3) is 0 Å². The summed E-state index contributed by atoms with van der Waals surface area (Å²) in [4.78, 5) is 60.5. The smallest absolute Gasteiger partial charge is 0.475 e. The minimum atomic E-state index is -5.08. The van der Waals surface area contributed by atoms with Crippen LogP contribution in [-0.4, -0.2) is 72.2 Å². The van der Waals surface area contributed by atoms with Gasteiger partial charge < -0.3 is 31.5 Å². The average molecular weight is 629 g/mol. The van der Waals surface area contributed by atoms with Crippen molar-refractivity contribution in [3.8, 4) is 0 Å². The van der Waals surface area contributed by atoms with Gasteiger partial charge in [-0.25, -0.2) is 9.59 Å². The number of halogens is 3. The number of carboxylic acids is 1. The van der Waals surface area contributed by atoms with Crippen LogP contribution in [0, 0.1) is 11.8 Å². The molecule has 44 heavy (non-hydrogen) atoms. The lowest BCUT2D eigenvalue weighted by molar-refractivity contribution is -0.192. The number of unbranched alkanes of at least 4 members (excludes halogenated alkanes) is 1. The molecule has 1 aliphatic heterocycles. The van der Waals surface area contributed by atoms with Crippen molar-refractivity contribution in [1.29, 1.82) is 0 Å². The Morgan fingerprint density at radius 2 is 1.57 bits per heavy atom. The van der Waals surface area contributed by atoms with Crippen LogP contribution < -0.4 is 21.7 Å². The molecular weight excluding hydrogens is 585 g/mol. The third kappa shape index (κ3) is 13.8. The maximum absolute atomic E-state index is 13.3. The molecule has 1 aromatic carbocycles. The van der Waals surface area contributed by atoms with Gasteiger partial charge in [0.05, 0.1) is 12.0 Å². The number of benzene rings is 1. The second kappa shape index (κ2) is 18.3. The molecule has 0 spiro atoms. The zero-order chi connectivity index (χ0) is 32.7. The highest BCUT2D eigenvalue weighted by Gasteiger charge is 2.38. The van der Waals surface area contributed by atoms with E-state index in [9.17, 15) is 32.3 Å². The van der Waals surface area contributed by atoms with Gasteiger partial charge in [0.1, 0.15) is 12.1 Å². The van der Waals surface area contributed by atoms with E-state index < -0.39 is 54.0 Å². The third-order valence-electron chi connectivity index (χ3n) is 7.39. The summed E-state index contributed by atoms with van der Waals surface area (Å²) in [6.45, 7) is 3.40. The SMILES string of the molecule is CCCCC(NC(=O)[C@@H](CCC1CC1)NC(=O)[C@H](N)Cc1ccccc1)C(=O)OC(=O)C1CCNCC1.O=C(O)C(F)(F)F. The highest BCUT2D eigenvalue weighted by atomic mass is 19.4. The van der Waals surface area contributed by atoms with E-state index in [0.717, 1.165) is 31.2 Å². The van der Waals surface area contributed by atoms with Gasteiger partial charge in [-0.3, -0.25) is 14.4 Å². The summed E-state index contributed by atoms with van der Waals surface area (Å²) in [7, 11) is 0. The zero-order valence-corrected chi connectivity index (χ0v) is 24.9. The largest absolute Gasteiger partial charge is 0.490 e. The lowest BCUT2D eigenvalue weighted by Crippen LogP contribution is -2.55. The van der Waals surface area contributed by atoms with Crippen LogP contribution in [0.15, 0.2) is 30.3 Å². The highest BCUT2D eigenvalue weighted by Crippen LogP contribution is 2.34. The first-order valence-corrected chi connectivity index (χ1v) is 15.0. The fourth-order valence-electron chi connectivity index (χ4n) is 4.56. The topological polar surface area (TPSA) is 177 Å². The van der Waals surface area contributed by atoms with E-state index in [-0.39, 0.29) is 5.92 Å². The Morgan fingerprint density at radius 3 is 2.11 bits per heavy atom. The number of alkyl halides is 3. The number of esters is 2. The van der Waals surface area contributed by atoms with Crippen LogP contribution in [0.4, 0.5) is 13.2 Å². The maximum atomic E-state index is 13.3. The quantitative estimate of drug-likeness (QED) is 0.153. The summed E-state index contributed by atoms with van der Waals surface area (Å²) in [5, 5.41) is 15.9. The summed E-state index contributed by atoms with van der Waals surface area (Å²) in [6, 6.07) is 6.91. The Balaban J connectivity index is 0.000000860. The van der Waals surface area contributed by atoms with Crippen molar-refractivity contribution in [2.45, 2.75) is 95.4 Å². The number of nitrogens with two attached hydrogens (primary N) is 1. The van der Waals surface area contributed by atoms with Crippen molar-refractivity contribution in [3.63, 3.8) is 0 Å². The monoisotopic (exact) mass is 628 g/mol. The van der Waals surface area contributed by atoms with Crippen LogP contribution in [0.2, 0.25) is 0 Å². The van der Waals surface area contributed by atoms with Gasteiger partial charge in [-0.15, -0.1) is 0 Å². The molecule has 1 unspecified atom stereocenters. The molecular formula is C30H43F3N4O7. The fraction of sp³-hybridized carbons (Fsp3) is 0.633. The van der Waals surface area contributed by atoms with Crippen molar-refractivity contribution in [2.24, 2.45) is 17.6 Å². The molecule has 3 atom stereocenters. The Labute approximate surface area is 254 Å². The number of ether oxygens (including phenoxy) is 1. The first-order chi connectivity index (χ1) is 20.8. The Kier molecular flexibility index (Phi) is 15.3. The minimum Gasteiger partial charge on any atom is -0.475 e. The molecule has 1 saturated carbocycles. The number of carbonyl (C=O) groups is 5. The number of amides is 2. The average Bonchev–Trinajstić information content (AvgIpc) is 3.82. The maximum Gasteiger partial charge on any atom is 0.490 e. The molecule has 1 aliphatic carbocycles. The second-order valence-electron chi connectivity index (χ2n) is 11.1. The molecule has 2 amide bonds. The molecule has 1 saturated heterocycles. The predicted octanol–water partition coefficient (Wildman–Crippen LogP) is 2.61. The number of carbonyl (C=O) groups excluding carboxylic acids is 4. The Hall–Kier alpha value is -3.52. The van der Waals surface area contributed by atoms with E-state index in [1.54, 1.807) is 0 Å². The van der Waals surface area contributed by atoms with Crippen molar-refractivity contribution < 1.29 is 47.0 Å². The van der Waals surface area contributed by atoms with E-state index in [4.69, 9.17) is 20.4 Å². The first kappa shape index (κ1) is 36.7. The van der Waals surface area contributed by atoms with Crippen molar-refractivity contribution in [2.75, 3.05) is 13.1 Å². The van der Waals surface area contributed by atoms with E-state index in [2.05, 4.69) is 16.0 Å². The molecule has 11 nitrogen and oxygen atoms in total. The molecule has 2 aliphatic rings. The van der Waals surface area contributed by atoms with Gasteiger partial charge >= 0.3 is 24.1 Å². The van der Waals surface area contributed by atoms with Crippen LogP contribution in [-0.2, 0) is 35.1 Å². The predicted molar refractivity (Wildman–Crippen MR) is 154 cm³/mol. The highest BCUT2D eigenvalue weighted by molar-refractivity contribution is 5.94. The normalized spacial score (nSPS) is 17.2. The molecule has 0 aromatic heterocycles. The summed E-state index contributed by atoms with van der Waals surface area (Å²) < 4.78 is 36.9. The molecule has 246 valence electrons. The molecule has 0 radical (unpaired) electrons. The van der Waals surface area contributed by atoms with Gasteiger partial charge in [-0.05, 0) is 63.1 Å². The van der Waals surface area contributed by atoms with Gasteiger partial charge in [0, 0.05) is 0 Å². The van der Waals surface area contributed by atoms with Gasteiger partial charge in [-0.2, -0.15) is 13.2 Å². The van der Waals surface area contributed by atoms with Gasteiger partial charge in [0.2, 0.25) is 11.8 Å². The third-order valence-corrected chi connectivity index (χ3v) is 7.39. The summed E-state index contributed by atoms with van der Waals surface area (Å²) in [6.07, 6.45) is 1.90. The van der Waals surface area contributed by atoms with E-state index >= 15 is 0 Å². The van der Waals surface area contributed by atoms with Crippen LogP contribution in [0.1, 0.15) is 70.3 Å². The van der Waals surface area contributed by atoms with Crippen LogP contribution in [0.25, 0.3) is 0 Å². The number of rotatable bonds is 14. The van der Waals surface area contributed by atoms with Gasteiger partial charge in [-0.1, -0.05) is 62.9 Å².